The van der Waals surface area contributed by atoms with Crippen LogP contribution in [0.3, 0.4) is 0 Å². The van der Waals surface area contributed by atoms with E-state index in [2.05, 4.69) is 26.9 Å². The van der Waals surface area contributed by atoms with Crippen LogP contribution in [0, 0.1) is 24.7 Å². The molecule has 2 heterocycles. The molecular formula is C27H24F3N5O2. The molecule has 0 saturated heterocycles. The minimum atomic E-state index is -4.52. The minimum absolute atomic E-state index is 0.00683. The number of carbonyl (C=O) groups excluding carboxylic acids is 1. The van der Waals surface area contributed by atoms with Crippen LogP contribution in [-0.4, -0.2) is 37.2 Å². The number of carbonyl (C=O) groups is 1. The average Bonchev–Trinajstić information content (AvgIpc) is 3.22. The van der Waals surface area contributed by atoms with Crippen molar-refractivity contribution in [3.63, 3.8) is 0 Å². The van der Waals surface area contributed by atoms with Gasteiger partial charge in [0, 0.05) is 30.7 Å². The van der Waals surface area contributed by atoms with Crippen molar-refractivity contribution in [2.24, 2.45) is 5.92 Å². The molecule has 0 unspecified atom stereocenters. The molecule has 4 aromatic rings. The van der Waals surface area contributed by atoms with Crippen LogP contribution in [0.5, 0.6) is 0 Å². The van der Waals surface area contributed by atoms with Crippen LogP contribution in [0.4, 0.5) is 19.0 Å². The van der Waals surface area contributed by atoms with Gasteiger partial charge in [-0.15, -0.1) is 0 Å². The van der Waals surface area contributed by atoms with Gasteiger partial charge < -0.3 is 10.8 Å². The lowest BCUT2D eigenvalue weighted by atomic mass is 9.98. The fraction of sp³-hybridized carbons (Fsp3) is 0.259. The molecule has 4 rings (SSSR count). The molecule has 0 spiro atoms. The Labute approximate surface area is 211 Å². The zero-order valence-corrected chi connectivity index (χ0v) is 20.2. The predicted molar refractivity (Wildman–Crippen MR) is 133 cm³/mol. The smallest absolute Gasteiger partial charge is 0.396 e. The molecular weight excluding hydrogens is 483 g/mol. The van der Waals surface area contributed by atoms with Crippen molar-refractivity contribution in [3.05, 3.63) is 82.3 Å². The molecule has 0 bridgehead atoms. The first-order chi connectivity index (χ1) is 17.6. The molecule has 190 valence electrons. The third-order valence-corrected chi connectivity index (χ3v) is 5.85. The Kier molecular flexibility index (Phi) is 7.27. The third-order valence-electron chi connectivity index (χ3n) is 5.85. The highest BCUT2D eigenvalue weighted by atomic mass is 19.4. The number of alkyl halides is 3. The summed E-state index contributed by atoms with van der Waals surface area (Å²) in [6.45, 7) is 4.13. The largest absolute Gasteiger partial charge is 0.416 e. The number of ketones is 1. The van der Waals surface area contributed by atoms with Gasteiger partial charge in [0.25, 0.3) is 0 Å². The number of nitrogen functional groups attached to an aromatic ring is 1. The van der Waals surface area contributed by atoms with E-state index in [1.165, 1.54) is 18.5 Å². The van der Waals surface area contributed by atoms with Gasteiger partial charge in [-0.2, -0.15) is 18.3 Å². The predicted octanol–water partition coefficient (Wildman–Crippen LogP) is 4.19. The average molecular weight is 508 g/mol. The molecule has 3 N–H and O–H groups in total. The van der Waals surface area contributed by atoms with Gasteiger partial charge in [-0.1, -0.05) is 37.1 Å². The van der Waals surface area contributed by atoms with Crippen molar-refractivity contribution >= 4 is 22.6 Å². The first-order valence-corrected chi connectivity index (χ1v) is 11.5. The lowest BCUT2D eigenvalue weighted by Crippen LogP contribution is -2.12. The molecule has 0 fully saturated rings. The number of Topliss-reactive ketones (excluding diaryl/α,β-unsaturated/α-hetero) is 1. The van der Waals surface area contributed by atoms with E-state index >= 15 is 0 Å². The summed E-state index contributed by atoms with van der Waals surface area (Å²) in [6.07, 6.45) is -3.26. The molecule has 1 atom stereocenters. The van der Waals surface area contributed by atoms with Gasteiger partial charge in [0.1, 0.15) is 17.8 Å². The van der Waals surface area contributed by atoms with Gasteiger partial charge in [0.15, 0.2) is 11.4 Å². The topological polar surface area (TPSA) is 107 Å². The Hall–Kier alpha value is -4.23. The number of rotatable bonds is 6. The number of hydrogen-bond acceptors (Lipinski definition) is 6. The van der Waals surface area contributed by atoms with Crippen molar-refractivity contribution in [1.29, 1.82) is 0 Å². The maximum absolute atomic E-state index is 13.0. The number of hydrogen-bond donors (Lipinski definition) is 2. The van der Waals surface area contributed by atoms with Crippen molar-refractivity contribution in [3.8, 4) is 11.8 Å². The number of aromatic nitrogens is 4. The van der Waals surface area contributed by atoms with Gasteiger partial charge in [-0.05, 0) is 48.1 Å². The van der Waals surface area contributed by atoms with Crippen LogP contribution < -0.4 is 5.73 Å². The molecule has 0 aliphatic rings. The van der Waals surface area contributed by atoms with Gasteiger partial charge >= 0.3 is 6.18 Å². The summed E-state index contributed by atoms with van der Waals surface area (Å²) in [7, 11) is 0. The van der Waals surface area contributed by atoms with Crippen LogP contribution in [0.1, 0.15) is 45.2 Å². The van der Waals surface area contributed by atoms with Gasteiger partial charge in [-0.3, -0.25) is 4.79 Å². The van der Waals surface area contributed by atoms with E-state index in [0.29, 0.717) is 34.4 Å². The summed E-state index contributed by atoms with van der Waals surface area (Å²) in [4.78, 5) is 21.0. The van der Waals surface area contributed by atoms with Crippen molar-refractivity contribution in [2.45, 2.75) is 33.0 Å². The number of fused-ring (bicyclic) bond motifs is 1. The van der Waals surface area contributed by atoms with Gasteiger partial charge in [0.2, 0.25) is 0 Å². The molecule has 10 heteroatoms. The molecule has 0 radical (unpaired) electrons. The second-order valence-electron chi connectivity index (χ2n) is 8.85. The fourth-order valence-electron chi connectivity index (χ4n) is 3.79. The van der Waals surface area contributed by atoms with E-state index in [-0.39, 0.29) is 30.3 Å². The number of halogens is 3. The lowest BCUT2D eigenvalue weighted by Gasteiger charge is -2.09. The van der Waals surface area contributed by atoms with E-state index in [1.807, 2.05) is 13.8 Å². The third kappa shape index (κ3) is 5.78. The maximum atomic E-state index is 13.0. The SMILES string of the molecule is Cc1ccc(CC(=O)c2cccc(C(F)(F)F)c2)cc1C#Cc1nn(C[C@@H](C)CO)c2ncnc(N)c12. The Balaban J connectivity index is 1.64. The first-order valence-electron chi connectivity index (χ1n) is 11.5. The number of aliphatic hydroxyl groups excluding tert-OH is 1. The van der Waals surface area contributed by atoms with E-state index < -0.39 is 17.5 Å². The van der Waals surface area contributed by atoms with Crippen LogP contribution in [-0.2, 0) is 19.1 Å². The summed E-state index contributed by atoms with van der Waals surface area (Å²) in [5.41, 5.74) is 8.20. The number of nitrogens with zero attached hydrogens (tertiary/aromatic N) is 4. The molecule has 0 saturated carbocycles. The Bertz CT molecular complexity index is 1530. The molecule has 37 heavy (non-hydrogen) atoms. The standard InChI is InChI=1S/C27H24F3N5O2/c1-16(14-36)13-35-26-24(25(31)32-15-33-26)22(34-35)9-8-19-10-18(7-6-17(19)2)11-23(37)20-4-3-5-21(12-20)27(28,29)30/h3-7,10,12,15-16,36H,11,13-14H2,1-2H3,(H2,31,32,33)/t16-/m1/s1. The van der Waals surface area contributed by atoms with Gasteiger partial charge in [-0.25, -0.2) is 14.6 Å². The van der Waals surface area contributed by atoms with Crippen molar-refractivity contribution in [2.75, 3.05) is 12.3 Å². The van der Waals surface area contributed by atoms with Gasteiger partial charge in [0.05, 0.1) is 10.9 Å². The number of anilines is 1. The van der Waals surface area contributed by atoms with Crippen LogP contribution in [0.25, 0.3) is 11.0 Å². The van der Waals surface area contributed by atoms with Crippen LogP contribution >= 0.6 is 0 Å². The quantitative estimate of drug-likeness (QED) is 0.299. The van der Waals surface area contributed by atoms with E-state index in [0.717, 1.165) is 17.7 Å². The number of benzene rings is 2. The lowest BCUT2D eigenvalue weighted by molar-refractivity contribution is -0.137. The zero-order chi connectivity index (χ0) is 26.7. The zero-order valence-electron chi connectivity index (χ0n) is 20.2. The fourth-order valence-corrected chi connectivity index (χ4v) is 3.79. The number of aryl methyl sites for hydroxylation is 1. The molecule has 0 aliphatic heterocycles. The van der Waals surface area contributed by atoms with E-state index in [9.17, 15) is 23.1 Å². The highest BCUT2D eigenvalue weighted by Crippen LogP contribution is 2.30. The van der Waals surface area contributed by atoms with Crippen LogP contribution in [0.2, 0.25) is 0 Å². The Morgan fingerprint density at radius 1 is 1.16 bits per heavy atom. The normalized spacial score (nSPS) is 12.3. The summed E-state index contributed by atoms with van der Waals surface area (Å²) < 4.78 is 40.7. The van der Waals surface area contributed by atoms with Crippen molar-refractivity contribution < 1.29 is 23.1 Å². The number of aliphatic hydroxyl groups is 1. The monoisotopic (exact) mass is 507 g/mol. The summed E-state index contributed by atoms with van der Waals surface area (Å²) in [6, 6.07) is 9.68. The molecule has 2 aromatic carbocycles. The summed E-state index contributed by atoms with van der Waals surface area (Å²) >= 11 is 0. The maximum Gasteiger partial charge on any atom is 0.416 e. The molecule has 7 nitrogen and oxygen atoms in total. The van der Waals surface area contributed by atoms with E-state index in [4.69, 9.17) is 5.73 Å². The second kappa shape index (κ2) is 10.4. The number of nitrogens with two attached hydrogens (primary N) is 1. The second-order valence-corrected chi connectivity index (χ2v) is 8.85. The molecule has 0 amide bonds. The molecule has 0 aliphatic carbocycles. The van der Waals surface area contributed by atoms with Crippen molar-refractivity contribution in [1.82, 2.24) is 19.7 Å². The van der Waals surface area contributed by atoms with E-state index in [1.54, 1.807) is 22.9 Å². The summed E-state index contributed by atoms with van der Waals surface area (Å²) in [5, 5.41) is 14.5. The Morgan fingerprint density at radius 3 is 2.68 bits per heavy atom. The minimum Gasteiger partial charge on any atom is -0.396 e. The highest BCUT2D eigenvalue weighted by Gasteiger charge is 2.30. The molecule has 2 aromatic heterocycles. The Morgan fingerprint density at radius 2 is 1.95 bits per heavy atom. The summed E-state index contributed by atoms with van der Waals surface area (Å²) in [5.74, 6) is 5.82. The van der Waals surface area contributed by atoms with Crippen LogP contribution in [0.15, 0.2) is 48.8 Å². The highest BCUT2D eigenvalue weighted by molar-refractivity contribution is 5.97. The first kappa shape index (κ1) is 25.9.